The molecule has 0 bridgehead atoms. The summed E-state index contributed by atoms with van der Waals surface area (Å²) in [6.07, 6.45) is 9.08. The van der Waals surface area contributed by atoms with E-state index in [1.165, 1.54) is 16.9 Å². The fraction of sp³-hybridized carbons (Fsp3) is 0.550. The van der Waals surface area contributed by atoms with Crippen molar-refractivity contribution in [3.05, 3.63) is 35.0 Å². The highest BCUT2D eigenvalue weighted by Gasteiger charge is 2.29. The lowest BCUT2D eigenvalue weighted by molar-refractivity contribution is -0.135. The molecule has 2 aromatic rings. The molecular formula is C20H27N5OS. The Morgan fingerprint density at radius 1 is 1.26 bits per heavy atom. The number of pyridine rings is 1. The highest BCUT2D eigenvalue weighted by atomic mass is 32.1. The van der Waals surface area contributed by atoms with E-state index in [4.69, 9.17) is 0 Å². The largest absolute Gasteiger partial charge is 0.341 e. The summed E-state index contributed by atoms with van der Waals surface area (Å²) in [5.74, 6) is 1.62. The lowest BCUT2D eigenvalue weighted by atomic mass is 9.89. The van der Waals surface area contributed by atoms with Gasteiger partial charge in [0.1, 0.15) is 5.82 Å². The Balaban J connectivity index is 1.35. The quantitative estimate of drug-likeness (QED) is 0.844. The van der Waals surface area contributed by atoms with Gasteiger partial charge >= 0.3 is 0 Å². The Morgan fingerprint density at radius 2 is 2.11 bits per heavy atom. The van der Waals surface area contributed by atoms with Crippen LogP contribution < -0.4 is 10.6 Å². The van der Waals surface area contributed by atoms with Crippen molar-refractivity contribution in [2.24, 2.45) is 0 Å². The molecule has 27 heavy (non-hydrogen) atoms. The number of nitrogens with zero attached hydrogens (tertiary/aromatic N) is 3. The SMILES string of the molecule is Cc1cnc(Nc2cc(C3CCN(C(=O)[C@H]4CCCCN4)CC3)ccn2)s1. The monoisotopic (exact) mass is 385 g/mol. The number of aryl methyl sites for hydroxylation is 1. The standard InChI is InChI=1S/C20H27N5OS/c1-14-13-23-20(27-14)24-18-12-16(5-9-22-18)15-6-10-25(11-7-15)19(26)17-4-2-3-8-21-17/h5,9,12-13,15,17,21H,2-4,6-8,10-11H2,1H3,(H,22,23,24)/t17-/m1/s1. The Labute approximate surface area is 164 Å². The first-order chi connectivity index (χ1) is 13.2. The molecule has 4 rings (SSSR count). The summed E-state index contributed by atoms with van der Waals surface area (Å²) in [4.78, 5) is 24.7. The zero-order valence-electron chi connectivity index (χ0n) is 15.8. The first kappa shape index (κ1) is 18.4. The van der Waals surface area contributed by atoms with E-state index < -0.39 is 0 Å². The van der Waals surface area contributed by atoms with Crippen LogP contribution in [0.3, 0.4) is 0 Å². The van der Waals surface area contributed by atoms with Crippen LogP contribution in [0.2, 0.25) is 0 Å². The third-order valence-electron chi connectivity index (χ3n) is 5.53. The van der Waals surface area contributed by atoms with Crippen molar-refractivity contribution in [2.45, 2.75) is 51.0 Å². The molecule has 2 aromatic heterocycles. The number of nitrogens with one attached hydrogen (secondary N) is 2. The van der Waals surface area contributed by atoms with E-state index in [9.17, 15) is 4.79 Å². The van der Waals surface area contributed by atoms with Crippen molar-refractivity contribution in [2.75, 3.05) is 25.0 Å². The molecule has 2 N–H and O–H groups in total. The average Bonchev–Trinajstić information content (AvgIpc) is 3.13. The molecule has 0 aromatic carbocycles. The van der Waals surface area contributed by atoms with Gasteiger partial charge in [-0.2, -0.15) is 0 Å². The summed E-state index contributed by atoms with van der Waals surface area (Å²) in [7, 11) is 0. The van der Waals surface area contributed by atoms with Gasteiger partial charge in [0.2, 0.25) is 5.91 Å². The predicted molar refractivity (Wildman–Crippen MR) is 109 cm³/mol. The molecule has 7 heteroatoms. The van der Waals surface area contributed by atoms with Gasteiger partial charge in [-0.05, 0) is 62.8 Å². The molecule has 0 unspecified atom stereocenters. The van der Waals surface area contributed by atoms with Crippen molar-refractivity contribution in [1.29, 1.82) is 0 Å². The molecule has 144 valence electrons. The van der Waals surface area contributed by atoms with Crippen LogP contribution in [-0.2, 0) is 4.79 Å². The minimum Gasteiger partial charge on any atom is -0.341 e. The Kier molecular flexibility index (Phi) is 5.69. The fourth-order valence-corrected chi connectivity index (χ4v) is 4.68. The van der Waals surface area contributed by atoms with E-state index in [1.54, 1.807) is 11.3 Å². The van der Waals surface area contributed by atoms with Gasteiger partial charge in [-0.1, -0.05) is 6.42 Å². The first-order valence-electron chi connectivity index (χ1n) is 9.86. The topological polar surface area (TPSA) is 70.2 Å². The lowest BCUT2D eigenvalue weighted by Gasteiger charge is -2.35. The maximum atomic E-state index is 12.7. The average molecular weight is 386 g/mol. The molecule has 6 nitrogen and oxygen atoms in total. The van der Waals surface area contributed by atoms with Crippen molar-refractivity contribution in [1.82, 2.24) is 20.2 Å². The smallest absolute Gasteiger partial charge is 0.239 e. The number of hydrogen-bond donors (Lipinski definition) is 2. The van der Waals surface area contributed by atoms with E-state index in [0.29, 0.717) is 11.8 Å². The van der Waals surface area contributed by atoms with Crippen LogP contribution in [-0.4, -0.2) is 46.5 Å². The Morgan fingerprint density at radius 3 is 2.81 bits per heavy atom. The number of amides is 1. The van der Waals surface area contributed by atoms with Crippen molar-refractivity contribution in [3.8, 4) is 0 Å². The zero-order valence-corrected chi connectivity index (χ0v) is 16.6. The minimum atomic E-state index is 0.0359. The zero-order chi connectivity index (χ0) is 18.6. The predicted octanol–water partition coefficient (Wildman–Crippen LogP) is 3.44. The maximum absolute atomic E-state index is 12.7. The van der Waals surface area contributed by atoms with Gasteiger partial charge in [0.25, 0.3) is 0 Å². The second-order valence-corrected chi connectivity index (χ2v) is 8.71. The van der Waals surface area contributed by atoms with E-state index in [2.05, 4.69) is 37.6 Å². The van der Waals surface area contributed by atoms with E-state index in [-0.39, 0.29) is 6.04 Å². The fourth-order valence-electron chi connectivity index (χ4n) is 4.01. The summed E-state index contributed by atoms with van der Waals surface area (Å²) in [5.41, 5.74) is 1.30. The molecule has 2 aliphatic heterocycles. The van der Waals surface area contributed by atoms with Crippen molar-refractivity contribution in [3.63, 3.8) is 0 Å². The number of carbonyl (C=O) groups is 1. The summed E-state index contributed by atoms with van der Waals surface area (Å²) in [6.45, 7) is 4.71. The molecule has 0 saturated carbocycles. The van der Waals surface area contributed by atoms with Gasteiger partial charge in [0.15, 0.2) is 5.13 Å². The molecule has 2 saturated heterocycles. The first-order valence-corrected chi connectivity index (χ1v) is 10.7. The molecule has 2 aliphatic rings. The normalized spacial score (nSPS) is 21.2. The van der Waals surface area contributed by atoms with Crippen LogP contribution in [0, 0.1) is 6.92 Å². The second kappa shape index (κ2) is 8.35. The van der Waals surface area contributed by atoms with Crippen LogP contribution in [0.4, 0.5) is 10.9 Å². The molecular weight excluding hydrogens is 358 g/mol. The summed E-state index contributed by atoms with van der Waals surface area (Å²) in [6, 6.07) is 4.26. The third-order valence-corrected chi connectivity index (χ3v) is 6.35. The van der Waals surface area contributed by atoms with E-state index in [0.717, 1.165) is 56.3 Å². The van der Waals surface area contributed by atoms with Crippen LogP contribution in [0.5, 0.6) is 0 Å². The molecule has 0 radical (unpaired) electrons. The van der Waals surface area contributed by atoms with Crippen LogP contribution in [0.1, 0.15) is 48.5 Å². The molecule has 0 spiro atoms. The van der Waals surface area contributed by atoms with E-state index >= 15 is 0 Å². The third kappa shape index (κ3) is 4.47. The number of rotatable bonds is 4. The van der Waals surface area contributed by atoms with Gasteiger partial charge in [0.05, 0.1) is 6.04 Å². The van der Waals surface area contributed by atoms with Gasteiger partial charge in [0, 0.05) is 30.4 Å². The Hall–Kier alpha value is -1.99. The van der Waals surface area contributed by atoms with Gasteiger partial charge in [-0.25, -0.2) is 9.97 Å². The number of hydrogen-bond acceptors (Lipinski definition) is 6. The number of thiazole rings is 1. The number of piperidine rings is 2. The van der Waals surface area contributed by atoms with Crippen molar-refractivity contribution < 1.29 is 4.79 Å². The highest BCUT2D eigenvalue weighted by Crippen LogP contribution is 2.30. The Bertz CT molecular complexity index is 778. The lowest BCUT2D eigenvalue weighted by Crippen LogP contribution is -2.50. The summed E-state index contributed by atoms with van der Waals surface area (Å²) in [5, 5.41) is 7.55. The molecule has 1 atom stereocenters. The van der Waals surface area contributed by atoms with Crippen molar-refractivity contribution >= 4 is 28.2 Å². The molecule has 4 heterocycles. The van der Waals surface area contributed by atoms with Gasteiger partial charge < -0.3 is 15.5 Å². The van der Waals surface area contributed by atoms with Crippen LogP contribution in [0.25, 0.3) is 0 Å². The number of likely N-dealkylation sites (tertiary alicyclic amines) is 1. The maximum Gasteiger partial charge on any atom is 0.239 e. The minimum absolute atomic E-state index is 0.0359. The highest BCUT2D eigenvalue weighted by molar-refractivity contribution is 7.15. The van der Waals surface area contributed by atoms with Crippen LogP contribution >= 0.6 is 11.3 Å². The second-order valence-electron chi connectivity index (χ2n) is 7.48. The molecule has 2 fully saturated rings. The molecule has 0 aliphatic carbocycles. The van der Waals surface area contributed by atoms with Gasteiger partial charge in [-0.3, -0.25) is 4.79 Å². The number of anilines is 2. The van der Waals surface area contributed by atoms with Crippen LogP contribution in [0.15, 0.2) is 24.5 Å². The number of aromatic nitrogens is 2. The van der Waals surface area contributed by atoms with E-state index in [1.807, 2.05) is 19.3 Å². The number of carbonyl (C=O) groups excluding carboxylic acids is 1. The summed E-state index contributed by atoms with van der Waals surface area (Å²) < 4.78 is 0. The molecule has 1 amide bonds. The van der Waals surface area contributed by atoms with Gasteiger partial charge in [-0.15, -0.1) is 11.3 Å². The summed E-state index contributed by atoms with van der Waals surface area (Å²) >= 11 is 1.63.